The summed E-state index contributed by atoms with van der Waals surface area (Å²) < 4.78 is 29.8. The minimum atomic E-state index is -4.15. The third kappa shape index (κ3) is 8.39. The average molecular weight is 626 g/mol. The Labute approximate surface area is 268 Å². The van der Waals surface area contributed by atoms with Crippen LogP contribution >= 0.6 is 0 Å². The Morgan fingerprint density at radius 3 is 2.09 bits per heavy atom. The monoisotopic (exact) mass is 625 g/mol. The van der Waals surface area contributed by atoms with Crippen molar-refractivity contribution in [3.8, 4) is 0 Å². The smallest absolute Gasteiger partial charge is 0.264 e. The minimum Gasteiger partial charge on any atom is -0.354 e. The molecule has 4 rings (SSSR count). The molecule has 0 aliphatic carbocycles. The molecule has 1 atom stereocenters. The Balaban J connectivity index is 1.83. The van der Waals surface area contributed by atoms with Gasteiger partial charge in [-0.25, -0.2) is 8.42 Å². The van der Waals surface area contributed by atoms with Gasteiger partial charge in [-0.3, -0.25) is 13.9 Å². The summed E-state index contributed by atoms with van der Waals surface area (Å²) in [5.41, 5.74) is 5.69. The molecule has 4 aromatic carbocycles. The number of amides is 2. The van der Waals surface area contributed by atoms with Gasteiger partial charge in [-0.05, 0) is 80.1 Å². The molecule has 0 aromatic heterocycles. The molecule has 2 amide bonds. The van der Waals surface area contributed by atoms with Crippen molar-refractivity contribution >= 4 is 27.5 Å². The molecule has 4 aromatic rings. The van der Waals surface area contributed by atoms with Gasteiger partial charge < -0.3 is 10.2 Å². The van der Waals surface area contributed by atoms with E-state index in [1.165, 1.54) is 4.31 Å². The van der Waals surface area contributed by atoms with Crippen LogP contribution in [0.4, 0.5) is 5.69 Å². The molecule has 1 N–H and O–H groups in total. The van der Waals surface area contributed by atoms with Crippen LogP contribution in [-0.4, -0.2) is 44.3 Å². The Morgan fingerprint density at radius 2 is 1.42 bits per heavy atom. The Kier molecular flexibility index (Phi) is 11.2. The second kappa shape index (κ2) is 15.0. The van der Waals surface area contributed by atoms with Gasteiger partial charge in [0.15, 0.2) is 0 Å². The molecular weight excluding hydrogens is 582 g/mol. The van der Waals surface area contributed by atoms with Crippen molar-refractivity contribution in [3.63, 3.8) is 0 Å². The summed E-state index contributed by atoms with van der Waals surface area (Å²) in [7, 11) is -4.15. The summed E-state index contributed by atoms with van der Waals surface area (Å²) in [6.45, 7) is 9.69. The van der Waals surface area contributed by atoms with Crippen molar-refractivity contribution in [2.45, 2.75) is 64.9 Å². The maximum Gasteiger partial charge on any atom is 0.264 e. The normalized spacial score (nSPS) is 11.9. The fourth-order valence-corrected chi connectivity index (χ4v) is 6.70. The number of benzene rings is 4. The zero-order valence-electron chi connectivity index (χ0n) is 26.8. The summed E-state index contributed by atoms with van der Waals surface area (Å²) in [6.07, 6.45) is 1.02. The quantitative estimate of drug-likeness (QED) is 0.190. The number of sulfonamides is 1. The molecule has 0 saturated heterocycles. The largest absolute Gasteiger partial charge is 0.354 e. The second-order valence-electron chi connectivity index (χ2n) is 11.6. The van der Waals surface area contributed by atoms with Gasteiger partial charge in [0.1, 0.15) is 12.6 Å². The number of rotatable bonds is 13. The van der Waals surface area contributed by atoms with Gasteiger partial charge in [-0.2, -0.15) is 0 Å². The second-order valence-corrected chi connectivity index (χ2v) is 13.4. The highest BCUT2D eigenvalue weighted by Crippen LogP contribution is 2.29. The molecule has 0 aliphatic rings. The van der Waals surface area contributed by atoms with Crippen LogP contribution in [0.3, 0.4) is 0 Å². The molecule has 236 valence electrons. The predicted molar refractivity (Wildman–Crippen MR) is 181 cm³/mol. The van der Waals surface area contributed by atoms with Crippen molar-refractivity contribution < 1.29 is 18.0 Å². The number of hydrogen-bond acceptors (Lipinski definition) is 4. The van der Waals surface area contributed by atoms with Crippen molar-refractivity contribution in [1.82, 2.24) is 10.2 Å². The third-order valence-electron chi connectivity index (χ3n) is 7.94. The van der Waals surface area contributed by atoms with Gasteiger partial charge in [0.25, 0.3) is 10.0 Å². The van der Waals surface area contributed by atoms with Crippen LogP contribution in [0.1, 0.15) is 46.7 Å². The van der Waals surface area contributed by atoms with E-state index in [0.717, 1.165) is 39.8 Å². The van der Waals surface area contributed by atoms with Crippen molar-refractivity contribution in [2.75, 3.05) is 17.4 Å². The molecule has 8 heteroatoms. The van der Waals surface area contributed by atoms with Crippen molar-refractivity contribution in [3.05, 3.63) is 130 Å². The Morgan fingerprint density at radius 1 is 0.778 bits per heavy atom. The Bertz CT molecular complexity index is 1720. The standard InChI is InChI=1S/C37H43N3O4S/c1-6-22-38-37(42)35(24-31-13-8-7-9-14-31)39(25-32-15-11-10-12-29(32)4)36(41)26-40(34-23-28(3)16-19-30(34)5)45(43,44)33-20-17-27(2)18-21-33/h7-21,23,35H,6,22,24-26H2,1-5H3,(H,38,42). The van der Waals surface area contributed by atoms with Crippen LogP contribution in [0.15, 0.2) is 102 Å². The molecule has 7 nitrogen and oxygen atoms in total. The highest BCUT2D eigenvalue weighted by molar-refractivity contribution is 7.92. The van der Waals surface area contributed by atoms with Crippen LogP contribution in [0.25, 0.3) is 0 Å². The lowest BCUT2D eigenvalue weighted by Crippen LogP contribution is -2.53. The number of hydrogen-bond donors (Lipinski definition) is 1. The van der Waals surface area contributed by atoms with Gasteiger partial charge >= 0.3 is 0 Å². The Hall–Kier alpha value is -4.43. The maximum absolute atomic E-state index is 14.6. The van der Waals surface area contributed by atoms with E-state index in [2.05, 4.69) is 5.32 Å². The first-order valence-corrected chi connectivity index (χ1v) is 16.8. The first kappa shape index (κ1) is 33.5. The number of aryl methyl sites for hydroxylation is 4. The number of carbonyl (C=O) groups is 2. The molecule has 0 spiro atoms. The summed E-state index contributed by atoms with van der Waals surface area (Å²) in [6, 6.07) is 28.6. The predicted octanol–water partition coefficient (Wildman–Crippen LogP) is 6.28. The number of nitrogens with one attached hydrogen (secondary N) is 1. The molecule has 0 bridgehead atoms. The lowest BCUT2D eigenvalue weighted by Gasteiger charge is -2.34. The van der Waals surface area contributed by atoms with Crippen LogP contribution in [0.5, 0.6) is 0 Å². The fraction of sp³-hybridized carbons (Fsp3) is 0.297. The van der Waals surface area contributed by atoms with Gasteiger partial charge in [-0.15, -0.1) is 0 Å². The van der Waals surface area contributed by atoms with E-state index in [4.69, 9.17) is 0 Å². The molecule has 0 radical (unpaired) electrons. The lowest BCUT2D eigenvalue weighted by molar-refractivity contribution is -0.140. The van der Waals surface area contributed by atoms with Crippen molar-refractivity contribution in [1.29, 1.82) is 0 Å². The lowest BCUT2D eigenvalue weighted by atomic mass is 10.0. The van der Waals surface area contributed by atoms with E-state index in [-0.39, 0.29) is 23.8 Å². The van der Waals surface area contributed by atoms with E-state index in [0.29, 0.717) is 12.2 Å². The zero-order chi connectivity index (χ0) is 32.6. The van der Waals surface area contributed by atoms with Crippen LogP contribution in [-0.2, 0) is 32.6 Å². The van der Waals surface area contributed by atoms with E-state index < -0.39 is 28.5 Å². The van der Waals surface area contributed by atoms with Crippen LogP contribution < -0.4 is 9.62 Å². The first-order chi connectivity index (χ1) is 21.5. The molecule has 0 saturated carbocycles. The SMILES string of the molecule is CCCNC(=O)C(Cc1ccccc1)N(Cc1ccccc1C)C(=O)CN(c1cc(C)ccc1C)S(=O)(=O)c1ccc(C)cc1. The van der Waals surface area contributed by atoms with E-state index >= 15 is 0 Å². The number of anilines is 1. The molecule has 45 heavy (non-hydrogen) atoms. The van der Waals surface area contributed by atoms with Gasteiger partial charge in [0.05, 0.1) is 10.6 Å². The van der Waals surface area contributed by atoms with Gasteiger partial charge in [0, 0.05) is 19.5 Å². The van der Waals surface area contributed by atoms with Gasteiger partial charge in [0.2, 0.25) is 11.8 Å². The fourth-order valence-electron chi connectivity index (χ4n) is 5.23. The molecule has 0 heterocycles. The van der Waals surface area contributed by atoms with Gasteiger partial charge in [-0.1, -0.05) is 91.3 Å². The summed E-state index contributed by atoms with van der Waals surface area (Å²) in [5, 5.41) is 2.99. The summed E-state index contributed by atoms with van der Waals surface area (Å²) >= 11 is 0. The highest BCUT2D eigenvalue weighted by atomic mass is 32.2. The van der Waals surface area contributed by atoms with E-state index in [1.54, 1.807) is 35.2 Å². The number of nitrogens with zero attached hydrogens (tertiary/aromatic N) is 2. The van der Waals surface area contributed by atoms with E-state index in [1.807, 2.05) is 101 Å². The topological polar surface area (TPSA) is 86.8 Å². The molecular formula is C37H43N3O4S. The number of carbonyl (C=O) groups excluding carboxylic acids is 2. The van der Waals surface area contributed by atoms with Crippen LogP contribution in [0.2, 0.25) is 0 Å². The minimum absolute atomic E-state index is 0.0915. The van der Waals surface area contributed by atoms with E-state index in [9.17, 15) is 18.0 Å². The average Bonchev–Trinajstić information content (AvgIpc) is 3.03. The summed E-state index contributed by atoms with van der Waals surface area (Å²) in [5.74, 6) is -0.746. The highest BCUT2D eigenvalue weighted by Gasteiger charge is 2.35. The third-order valence-corrected chi connectivity index (χ3v) is 9.72. The molecule has 0 aliphatic heterocycles. The van der Waals surface area contributed by atoms with Crippen molar-refractivity contribution in [2.24, 2.45) is 0 Å². The molecule has 1 unspecified atom stereocenters. The first-order valence-electron chi connectivity index (χ1n) is 15.3. The van der Waals surface area contributed by atoms with Crippen LogP contribution in [0, 0.1) is 27.7 Å². The maximum atomic E-state index is 14.6. The summed E-state index contributed by atoms with van der Waals surface area (Å²) in [4.78, 5) is 30.1. The zero-order valence-corrected chi connectivity index (χ0v) is 27.6. The molecule has 0 fully saturated rings.